The Labute approximate surface area is 182 Å². The summed E-state index contributed by atoms with van der Waals surface area (Å²) < 4.78 is 32.2. The van der Waals surface area contributed by atoms with Crippen LogP contribution in [0.3, 0.4) is 0 Å². The van der Waals surface area contributed by atoms with Crippen LogP contribution in [0.1, 0.15) is 43.2 Å². The van der Waals surface area contributed by atoms with Crippen LogP contribution in [0.5, 0.6) is 0 Å². The Balaban J connectivity index is 1.69. The summed E-state index contributed by atoms with van der Waals surface area (Å²) in [6, 6.07) is 5.55. The summed E-state index contributed by atoms with van der Waals surface area (Å²) in [7, 11) is -4.05. The normalized spacial score (nSPS) is 23.3. The highest BCUT2D eigenvalue weighted by atomic mass is 32.2. The minimum atomic E-state index is -4.05. The van der Waals surface area contributed by atoms with E-state index in [0.717, 1.165) is 28.3 Å². The van der Waals surface area contributed by atoms with Crippen LogP contribution < -0.4 is 5.32 Å². The van der Waals surface area contributed by atoms with E-state index in [0.29, 0.717) is 12.8 Å². The lowest BCUT2D eigenvalue weighted by Crippen LogP contribution is -2.47. The summed E-state index contributed by atoms with van der Waals surface area (Å²) in [4.78, 5) is 24.8. The van der Waals surface area contributed by atoms with Gasteiger partial charge in [0.05, 0.1) is 17.1 Å². The molecule has 31 heavy (non-hydrogen) atoms. The SMILES string of the molecule is Cc1ccc(S(=O)(=O)N2CC(O)CC2C(=O)OCC(=O)NC2(C#N)CCCC2)cc1C. The first kappa shape index (κ1) is 23.2. The minimum absolute atomic E-state index is 0.0254. The molecule has 2 fully saturated rings. The van der Waals surface area contributed by atoms with Gasteiger partial charge in [-0.05, 0) is 62.8 Å². The van der Waals surface area contributed by atoms with Gasteiger partial charge in [0.15, 0.2) is 6.61 Å². The van der Waals surface area contributed by atoms with Gasteiger partial charge in [0, 0.05) is 13.0 Å². The predicted molar refractivity (Wildman–Crippen MR) is 110 cm³/mol. The number of carbonyl (C=O) groups is 2. The molecule has 0 spiro atoms. The van der Waals surface area contributed by atoms with E-state index in [2.05, 4.69) is 11.4 Å². The molecule has 1 aliphatic heterocycles. The molecule has 10 heteroatoms. The summed E-state index contributed by atoms with van der Waals surface area (Å²) in [5.74, 6) is -1.52. The van der Waals surface area contributed by atoms with Gasteiger partial charge in [-0.15, -0.1) is 0 Å². The first-order valence-corrected chi connectivity index (χ1v) is 11.7. The number of β-amino-alcohol motifs (C(OH)–C–C–N with tert-alkyl or cyclic N) is 1. The number of aryl methyl sites for hydroxylation is 2. The van der Waals surface area contributed by atoms with Crippen molar-refractivity contribution in [3.8, 4) is 6.07 Å². The number of benzene rings is 1. The maximum atomic E-state index is 13.1. The molecule has 0 radical (unpaired) electrons. The molecule has 1 saturated heterocycles. The first-order chi connectivity index (χ1) is 14.6. The molecule has 0 bridgehead atoms. The summed E-state index contributed by atoms with van der Waals surface area (Å²) in [5, 5.41) is 22.0. The monoisotopic (exact) mass is 449 g/mol. The van der Waals surface area contributed by atoms with E-state index in [1.165, 1.54) is 12.1 Å². The van der Waals surface area contributed by atoms with Crippen molar-refractivity contribution >= 4 is 21.9 Å². The molecule has 1 aromatic carbocycles. The van der Waals surface area contributed by atoms with E-state index >= 15 is 0 Å². The van der Waals surface area contributed by atoms with Gasteiger partial charge in [0.25, 0.3) is 5.91 Å². The molecule has 2 unspecified atom stereocenters. The molecular formula is C21H27N3O6S. The van der Waals surface area contributed by atoms with Gasteiger partial charge in [-0.25, -0.2) is 8.42 Å². The summed E-state index contributed by atoms with van der Waals surface area (Å²) in [5.41, 5.74) is 0.779. The maximum Gasteiger partial charge on any atom is 0.325 e. The molecule has 2 aliphatic rings. The smallest absolute Gasteiger partial charge is 0.325 e. The van der Waals surface area contributed by atoms with Crippen molar-refractivity contribution in [2.45, 2.75) is 68.5 Å². The number of nitrogens with one attached hydrogen (secondary N) is 1. The van der Waals surface area contributed by atoms with Crippen LogP contribution >= 0.6 is 0 Å². The average molecular weight is 450 g/mol. The number of esters is 1. The number of nitrogens with zero attached hydrogens (tertiary/aromatic N) is 2. The highest BCUT2D eigenvalue weighted by molar-refractivity contribution is 7.89. The zero-order chi connectivity index (χ0) is 22.8. The van der Waals surface area contributed by atoms with Crippen molar-refractivity contribution in [1.29, 1.82) is 5.26 Å². The highest BCUT2D eigenvalue weighted by Gasteiger charge is 2.44. The number of aliphatic hydroxyl groups is 1. The van der Waals surface area contributed by atoms with E-state index in [9.17, 15) is 28.4 Å². The fourth-order valence-electron chi connectivity index (χ4n) is 4.05. The molecule has 1 heterocycles. The van der Waals surface area contributed by atoms with E-state index < -0.39 is 46.2 Å². The number of aliphatic hydroxyl groups excluding tert-OH is 1. The Bertz CT molecular complexity index is 1010. The Hall–Kier alpha value is -2.48. The van der Waals surface area contributed by atoms with Crippen LogP contribution in [0.4, 0.5) is 0 Å². The van der Waals surface area contributed by atoms with E-state index in [-0.39, 0.29) is 17.9 Å². The number of nitriles is 1. The Morgan fingerprint density at radius 3 is 2.58 bits per heavy atom. The van der Waals surface area contributed by atoms with Crippen molar-refractivity contribution in [1.82, 2.24) is 9.62 Å². The van der Waals surface area contributed by atoms with Crippen molar-refractivity contribution in [3.05, 3.63) is 29.3 Å². The third-order valence-corrected chi connectivity index (χ3v) is 7.86. The molecule has 1 aliphatic carbocycles. The van der Waals surface area contributed by atoms with Crippen LogP contribution in [0, 0.1) is 25.2 Å². The maximum absolute atomic E-state index is 13.1. The fourth-order valence-corrected chi connectivity index (χ4v) is 5.77. The van der Waals surface area contributed by atoms with Crippen LogP contribution in [-0.4, -0.2) is 60.5 Å². The molecule has 9 nitrogen and oxygen atoms in total. The van der Waals surface area contributed by atoms with Gasteiger partial charge in [-0.2, -0.15) is 9.57 Å². The molecule has 1 saturated carbocycles. The molecular weight excluding hydrogens is 422 g/mol. The lowest BCUT2D eigenvalue weighted by molar-refractivity contribution is -0.152. The van der Waals surface area contributed by atoms with Gasteiger partial charge in [-0.3, -0.25) is 9.59 Å². The summed E-state index contributed by atoms with van der Waals surface area (Å²) >= 11 is 0. The first-order valence-electron chi connectivity index (χ1n) is 10.2. The quantitative estimate of drug-likeness (QED) is 0.616. The second-order valence-electron chi connectivity index (χ2n) is 8.28. The van der Waals surface area contributed by atoms with E-state index in [1.807, 2.05) is 6.92 Å². The number of amides is 1. The van der Waals surface area contributed by atoms with Gasteiger partial charge in [-0.1, -0.05) is 6.07 Å². The third-order valence-electron chi connectivity index (χ3n) is 5.99. The van der Waals surface area contributed by atoms with Gasteiger partial charge in [0.2, 0.25) is 10.0 Å². The number of rotatable bonds is 6. The second-order valence-corrected chi connectivity index (χ2v) is 10.2. The standard InChI is InChI=1S/C21H27N3O6S/c1-14-5-6-17(9-15(14)2)31(28,29)24-11-16(25)10-18(24)20(27)30-12-19(26)23-21(13-22)7-3-4-8-21/h5-6,9,16,18,25H,3-4,7-8,10-12H2,1-2H3,(H,23,26). The number of hydrogen-bond donors (Lipinski definition) is 2. The van der Waals surface area contributed by atoms with E-state index in [4.69, 9.17) is 4.74 Å². The lowest BCUT2D eigenvalue weighted by Gasteiger charge is -2.24. The molecule has 1 aromatic rings. The minimum Gasteiger partial charge on any atom is -0.454 e. The van der Waals surface area contributed by atoms with Crippen molar-refractivity contribution < 1.29 is 27.9 Å². The molecule has 2 atom stereocenters. The predicted octanol–water partition coefficient (Wildman–Crippen LogP) is 0.923. The van der Waals surface area contributed by atoms with Gasteiger partial charge in [0.1, 0.15) is 11.6 Å². The zero-order valence-electron chi connectivity index (χ0n) is 17.6. The van der Waals surface area contributed by atoms with Gasteiger partial charge >= 0.3 is 5.97 Å². The van der Waals surface area contributed by atoms with Crippen LogP contribution in [0.25, 0.3) is 0 Å². The fraction of sp³-hybridized carbons (Fsp3) is 0.571. The number of hydrogen-bond acceptors (Lipinski definition) is 7. The zero-order valence-corrected chi connectivity index (χ0v) is 18.4. The molecule has 0 aromatic heterocycles. The number of sulfonamides is 1. The molecule has 3 rings (SSSR count). The Morgan fingerprint density at radius 1 is 1.29 bits per heavy atom. The molecule has 2 N–H and O–H groups in total. The van der Waals surface area contributed by atoms with Crippen LogP contribution in [0.2, 0.25) is 0 Å². The lowest BCUT2D eigenvalue weighted by atomic mass is 10.00. The van der Waals surface area contributed by atoms with Crippen molar-refractivity contribution in [3.63, 3.8) is 0 Å². The number of carbonyl (C=O) groups excluding carboxylic acids is 2. The van der Waals surface area contributed by atoms with Gasteiger partial charge < -0.3 is 15.2 Å². The topological polar surface area (TPSA) is 137 Å². The number of ether oxygens (including phenoxy) is 1. The molecule has 168 valence electrons. The third kappa shape index (κ3) is 4.89. The summed E-state index contributed by atoms with van der Waals surface area (Å²) in [6.07, 6.45) is 1.61. The van der Waals surface area contributed by atoms with Crippen LogP contribution in [-0.2, 0) is 24.3 Å². The Kier molecular flexibility index (Phi) is 6.69. The van der Waals surface area contributed by atoms with Crippen LogP contribution in [0.15, 0.2) is 23.1 Å². The average Bonchev–Trinajstić information content (AvgIpc) is 3.35. The molecule has 1 amide bonds. The second kappa shape index (κ2) is 8.94. The summed E-state index contributed by atoms with van der Waals surface area (Å²) in [6.45, 7) is 2.79. The Morgan fingerprint density at radius 2 is 1.97 bits per heavy atom. The van der Waals surface area contributed by atoms with Crippen molar-refractivity contribution in [2.24, 2.45) is 0 Å². The largest absolute Gasteiger partial charge is 0.454 e. The van der Waals surface area contributed by atoms with Crippen molar-refractivity contribution in [2.75, 3.05) is 13.2 Å². The van der Waals surface area contributed by atoms with E-state index in [1.54, 1.807) is 13.0 Å². The highest BCUT2D eigenvalue weighted by Crippen LogP contribution is 2.30.